The average Bonchev–Trinajstić information content (AvgIpc) is 2.69. The topological polar surface area (TPSA) is 36.0 Å². The van der Waals surface area contributed by atoms with Gasteiger partial charge in [-0.2, -0.15) is 0 Å². The van der Waals surface area contributed by atoms with Crippen LogP contribution in [-0.2, 0) is 9.53 Å². The number of nitrogens with zero attached hydrogens (tertiary/aromatic N) is 3. The Morgan fingerprint density at radius 3 is 2.37 bits per heavy atom. The zero-order valence-corrected chi connectivity index (χ0v) is 17.0. The second-order valence-corrected chi connectivity index (χ2v) is 8.16. The van der Waals surface area contributed by atoms with Crippen molar-refractivity contribution in [3.05, 3.63) is 30.3 Å². The summed E-state index contributed by atoms with van der Waals surface area (Å²) in [6.07, 6.45) is 3.71. The summed E-state index contributed by atoms with van der Waals surface area (Å²) in [5.41, 5.74) is 0.998. The molecule has 2 heterocycles. The fourth-order valence-corrected chi connectivity index (χ4v) is 4.21. The van der Waals surface area contributed by atoms with Gasteiger partial charge < -0.3 is 9.64 Å². The van der Waals surface area contributed by atoms with Gasteiger partial charge in [0.05, 0.1) is 19.8 Å². The lowest BCUT2D eigenvalue weighted by atomic mass is 9.93. The van der Waals surface area contributed by atoms with Crippen LogP contribution in [0.25, 0.3) is 0 Å². The zero-order chi connectivity index (χ0) is 19.1. The van der Waals surface area contributed by atoms with E-state index in [0.29, 0.717) is 6.54 Å². The zero-order valence-electron chi connectivity index (χ0n) is 17.0. The van der Waals surface area contributed by atoms with Crippen molar-refractivity contribution in [2.45, 2.75) is 39.2 Å². The van der Waals surface area contributed by atoms with E-state index in [0.717, 1.165) is 51.0 Å². The summed E-state index contributed by atoms with van der Waals surface area (Å²) in [5.74, 6) is 1.01. The van der Waals surface area contributed by atoms with E-state index in [-0.39, 0.29) is 11.9 Å². The van der Waals surface area contributed by atoms with Crippen molar-refractivity contribution in [2.75, 3.05) is 57.4 Å². The normalized spacial score (nSPS) is 20.1. The second kappa shape index (κ2) is 10.2. The monoisotopic (exact) mass is 373 g/mol. The first-order valence-electron chi connectivity index (χ1n) is 10.5. The van der Waals surface area contributed by atoms with Crippen LogP contribution in [-0.4, -0.2) is 74.2 Å². The highest BCUT2D eigenvalue weighted by Crippen LogP contribution is 2.22. The lowest BCUT2D eigenvalue weighted by Crippen LogP contribution is -2.46. The third kappa shape index (κ3) is 6.03. The average molecular weight is 374 g/mol. The van der Waals surface area contributed by atoms with Crippen molar-refractivity contribution in [1.82, 2.24) is 9.80 Å². The minimum Gasteiger partial charge on any atom is -0.379 e. The maximum absolute atomic E-state index is 12.9. The van der Waals surface area contributed by atoms with Crippen LogP contribution in [0.5, 0.6) is 0 Å². The number of carbonyl (C=O) groups excluding carboxylic acids is 1. The highest BCUT2D eigenvalue weighted by molar-refractivity contribution is 5.95. The molecular weight excluding hydrogens is 338 g/mol. The van der Waals surface area contributed by atoms with Gasteiger partial charge in [-0.3, -0.25) is 14.6 Å². The van der Waals surface area contributed by atoms with E-state index in [1.165, 1.54) is 25.8 Å². The van der Waals surface area contributed by atoms with E-state index in [9.17, 15) is 4.79 Å². The molecule has 0 atom stereocenters. The molecule has 0 spiro atoms. The van der Waals surface area contributed by atoms with Gasteiger partial charge in [-0.15, -0.1) is 0 Å². The quantitative estimate of drug-likeness (QED) is 0.736. The lowest BCUT2D eigenvalue weighted by Gasteiger charge is -2.35. The maximum Gasteiger partial charge on any atom is 0.241 e. The summed E-state index contributed by atoms with van der Waals surface area (Å²) < 4.78 is 5.43. The third-order valence-electron chi connectivity index (χ3n) is 5.84. The van der Waals surface area contributed by atoms with Gasteiger partial charge in [0.2, 0.25) is 5.91 Å². The first kappa shape index (κ1) is 20.3. The Bertz CT molecular complexity index is 564. The van der Waals surface area contributed by atoms with Crippen molar-refractivity contribution < 1.29 is 9.53 Å². The lowest BCUT2D eigenvalue weighted by molar-refractivity contribution is -0.120. The van der Waals surface area contributed by atoms with Crippen LogP contribution in [0.15, 0.2) is 30.3 Å². The summed E-state index contributed by atoms with van der Waals surface area (Å²) in [6, 6.07) is 10.2. The number of ether oxygens (including phenoxy) is 1. The number of benzene rings is 1. The number of hydrogen-bond donors (Lipinski definition) is 0. The number of rotatable bonds is 7. The van der Waals surface area contributed by atoms with Crippen LogP contribution in [0.1, 0.15) is 33.1 Å². The number of morpholine rings is 1. The fraction of sp³-hybridized carbons (Fsp3) is 0.682. The van der Waals surface area contributed by atoms with Crippen LogP contribution in [0.2, 0.25) is 0 Å². The second-order valence-electron chi connectivity index (χ2n) is 8.16. The number of amides is 1. The van der Waals surface area contributed by atoms with Gasteiger partial charge in [-0.05, 0) is 70.8 Å². The van der Waals surface area contributed by atoms with E-state index < -0.39 is 0 Å². The van der Waals surface area contributed by atoms with Crippen LogP contribution in [0.4, 0.5) is 5.69 Å². The van der Waals surface area contributed by atoms with Gasteiger partial charge in [0.1, 0.15) is 0 Å². The molecule has 0 bridgehead atoms. The van der Waals surface area contributed by atoms with Crippen LogP contribution < -0.4 is 4.90 Å². The fourth-order valence-electron chi connectivity index (χ4n) is 4.21. The third-order valence-corrected chi connectivity index (χ3v) is 5.84. The standard InChI is InChI=1S/C22H35N3O2/c1-19(2)25(21-6-4-3-5-7-21)22(26)18-24-12-9-20(10-13-24)8-11-23-14-16-27-17-15-23/h3-7,19-20H,8-18H2,1-2H3. The molecule has 2 aliphatic heterocycles. The Balaban J connectivity index is 1.43. The molecule has 0 unspecified atom stereocenters. The van der Waals surface area contributed by atoms with Gasteiger partial charge >= 0.3 is 0 Å². The summed E-state index contributed by atoms with van der Waals surface area (Å²) in [4.78, 5) is 19.7. The van der Waals surface area contributed by atoms with E-state index >= 15 is 0 Å². The molecule has 0 aliphatic carbocycles. The summed E-state index contributed by atoms with van der Waals surface area (Å²) >= 11 is 0. The molecule has 1 aromatic carbocycles. The van der Waals surface area contributed by atoms with Gasteiger partial charge in [0, 0.05) is 24.8 Å². The van der Waals surface area contributed by atoms with E-state index in [4.69, 9.17) is 4.74 Å². The summed E-state index contributed by atoms with van der Waals surface area (Å²) in [6.45, 7) is 11.9. The first-order chi connectivity index (χ1) is 13.1. The predicted octanol–water partition coefficient (Wildman–Crippen LogP) is 2.86. The number of anilines is 1. The highest BCUT2D eigenvalue weighted by atomic mass is 16.5. The van der Waals surface area contributed by atoms with Gasteiger partial charge in [-0.25, -0.2) is 0 Å². The Morgan fingerprint density at radius 2 is 1.74 bits per heavy atom. The summed E-state index contributed by atoms with van der Waals surface area (Å²) in [5, 5.41) is 0. The molecule has 1 aromatic rings. The number of hydrogen-bond acceptors (Lipinski definition) is 4. The minimum absolute atomic E-state index is 0.172. The predicted molar refractivity (Wildman–Crippen MR) is 110 cm³/mol. The van der Waals surface area contributed by atoms with Crippen molar-refractivity contribution in [2.24, 2.45) is 5.92 Å². The van der Waals surface area contributed by atoms with Crippen LogP contribution in [0, 0.1) is 5.92 Å². The Labute approximate surface area is 164 Å². The van der Waals surface area contributed by atoms with Crippen molar-refractivity contribution in [3.63, 3.8) is 0 Å². The molecule has 3 rings (SSSR count). The van der Waals surface area contributed by atoms with Crippen LogP contribution >= 0.6 is 0 Å². The minimum atomic E-state index is 0.172. The number of piperidine rings is 1. The molecule has 5 nitrogen and oxygen atoms in total. The molecule has 0 aromatic heterocycles. The van der Waals surface area contributed by atoms with Crippen molar-refractivity contribution in [3.8, 4) is 0 Å². The van der Waals surface area contributed by atoms with E-state index in [1.54, 1.807) is 0 Å². The molecule has 150 valence electrons. The Hall–Kier alpha value is -1.43. The number of likely N-dealkylation sites (tertiary alicyclic amines) is 1. The van der Waals surface area contributed by atoms with Gasteiger partial charge in [0.25, 0.3) is 0 Å². The Kier molecular flexibility index (Phi) is 7.68. The van der Waals surface area contributed by atoms with Crippen molar-refractivity contribution in [1.29, 1.82) is 0 Å². The molecule has 2 aliphatic rings. The van der Waals surface area contributed by atoms with E-state index in [2.05, 4.69) is 23.6 Å². The SMILES string of the molecule is CC(C)N(C(=O)CN1CCC(CCN2CCOCC2)CC1)c1ccccc1. The van der Waals surface area contributed by atoms with E-state index in [1.807, 2.05) is 35.2 Å². The number of carbonyl (C=O) groups is 1. The molecule has 5 heteroatoms. The molecule has 0 N–H and O–H groups in total. The highest BCUT2D eigenvalue weighted by Gasteiger charge is 2.25. The number of para-hydroxylation sites is 1. The summed E-state index contributed by atoms with van der Waals surface area (Å²) in [7, 11) is 0. The molecular formula is C22H35N3O2. The largest absolute Gasteiger partial charge is 0.379 e. The molecule has 27 heavy (non-hydrogen) atoms. The molecule has 1 amide bonds. The maximum atomic E-state index is 12.9. The molecule has 2 saturated heterocycles. The smallest absolute Gasteiger partial charge is 0.241 e. The Morgan fingerprint density at radius 1 is 1.07 bits per heavy atom. The molecule has 0 radical (unpaired) electrons. The first-order valence-corrected chi connectivity index (χ1v) is 10.5. The van der Waals surface area contributed by atoms with Gasteiger partial charge in [-0.1, -0.05) is 18.2 Å². The van der Waals surface area contributed by atoms with Crippen LogP contribution in [0.3, 0.4) is 0 Å². The van der Waals surface area contributed by atoms with Gasteiger partial charge in [0.15, 0.2) is 0 Å². The van der Waals surface area contributed by atoms with Crippen molar-refractivity contribution >= 4 is 11.6 Å². The molecule has 0 saturated carbocycles. The molecule has 2 fully saturated rings.